The van der Waals surface area contributed by atoms with Crippen molar-refractivity contribution < 1.29 is 24.1 Å². The molecule has 1 heterocycles. The highest BCUT2D eigenvalue weighted by atomic mass is 16.5. The zero-order valence-corrected chi connectivity index (χ0v) is 23.8. The number of carboxylic acids is 1. The molecule has 0 unspecified atom stereocenters. The van der Waals surface area contributed by atoms with E-state index in [0.717, 1.165) is 22.4 Å². The Morgan fingerprint density at radius 1 is 1.12 bits per heavy atom. The average molecular weight is 556 g/mol. The molecule has 9 nitrogen and oxygen atoms in total. The summed E-state index contributed by atoms with van der Waals surface area (Å²) >= 11 is 0. The lowest BCUT2D eigenvalue weighted by molar-refractivity contribution is -0.139. The van der Waals surface area contributed by atoms with E-state index >= 15 is 0 Å². The number of aliphatic carboxylic acids is 1. The first-order valence-electron chi connectivity index (χ1n) is 13.1. The highest BCUT2D eigenvalue weighted by Gasteiger charge is 2.19. The Kier molecular flexibility index (Phi) is 8.87. The van der Waals surface area contributed by atoms with E-state index in [1.54, 1.807) is 49.7 Å². The number of aryl methyl sites for hydroxylation is 1. The number of carbonyl (C=O) groups is 1. The van der Waals surface area contributed by atoms with E-state index in [4.69, 9.17) is 24.3 Å². The summed E-state index contributed by atoms with van der Waals surface area (Å²) in [5.41, 5.74) is 4.16. The van der Waals surface area contributed by atoms with Gasteiger partial charge in [0.1, 0.15) is 5.75 Å². The normalized spacial score (nSPS) is 11.3. The molecule has 4 aromatic rings. The van der Waals surface area contributed by atoms with Gasteiger partial charge in [0.25, 0.3) is 5.56 Å². The van der Waals surface area contributed by atoms with Gasteiger partial charge in [0.2, 0.25) is 0 Å². The van der Waals surface area contributed by atoms with Crippen molar-refractivity contribution in [2.75, 3.05) is 20.8 Å². The fraction of sp³-hybridized carbons (Fsp3) is 0.250. The molecule has 4 rings (SSSR count). The third kappa shape index (κ3) is 6.14. The Morgan fingerprint density at radius 3 is 2.51 bits per heavy atom. The first-order chi connectivity index (χ1) is 19.7. The van der Waals surface area contributed by atoms with Crippen molar-refractivity contribution in [1.82, 2.24) is 9.66 Å². The van der Waals surface area contributed by atoms with Crippen LogP contribution in [0.15, 0.2) is 71.1 Å². The van der Waals surface area contributed by atoms with Gasteiger partial charge in [-0.25, -0.2) is 9.78 Å². The maximum Gasteiger partial charge on any atom is 0.341 e. The van der Waals surface area contributed by atoms with Crippen molar-refractivity contribution in [2.45, 2.75) is 33.1 Å². The number of allylic oxidation sites excluding steroid dienone is 1. The Bertz CT molecular complexity index is 1700. The van der Waals surface area contributed by atoms with Gasteiger partial charge in [-0.15, -0.1) is 6.58 Å². The highest BCUT2D eigenvalue weighted by molar-refractivity contribution is 5.84. The number of aromatic nitrogens is 2. The molecular weight excluding hydrogens is 522 g/mol. The zero-order chi connectivity index (χ0) is 29.7. The quantitative estimate of drug-likeness (QED) is 0.190. The number of benzene rings is 3. The van der Waals surface area contributed by atoms with Gasteiger partial charge in [-0.3, -0.25) is 4.79 Å². The van der Waals surface area contributed by atoms with E-state index in [2.05, 4.69) is 25.5 Å². The number of nitrogens with zero attached hydrogens (tertiary/aromatic N) is 3. The Hall–Kier alpha value is -4.92. The summed E-state index contributed by atoms with van der Waals surface area (Å²) in [6.45, 7) is 9.37. The third-order valence-corrected chi connectivity index (χ3v) is 6.59. The second kappa shape index (κ2) is 12.5. The number of hydrogen-bond acceptors (Lipinski definition) is 7. The first kappa shape index (κ1) is 29.1. The van der Waals surface area contributed by atoms with Crippen molar-refractivity contribution in [1.29, 1.82) is 0 Å². The minimum atomic E-state index is -1.10. The van der Waals surface area contributed by atoms with E-state index < -0.39 is 12.6 Å². The van der Waals surface area contributed by atoms with Crippen LogP contribution in [-0.2, 0) is 11.2 Å². The average Bonchev–Trinajstić information content (AvgIpc) is 2.95. The second-order valence-electron chi connectivity index (χ2n) is 9.76. The van der Waals surface area contributed by atoms with Crippen LogP contribution in [0, 0.1) is 6.92 Å². The molecule has 0 saturated heterocycles. The van der Waals surface area contributed by atoms with Gasteiger partial charge in [0.15, 0.2) is 23.9 Å². The highest BCUT2D eigenvalue weighted by Crippen LogP contribution is 2.35. The number of fused-ring (bicyclic) bond motifs is 1. The number of para-hydroxylation sites is 1. The monoisotopic (exact) mass is 555 g/mol. The number of methoxy groups -OCH3 is 2. The molecule has 0 saturated carbocycles. The molecule has 0 radical (unpaired) electrons. The van der Waals surface area contributed by atoms with Crippen molar-refractivity contribution in [3.05, 3.63) is 93.8 Å². The topological polar surface area (TPSA) is 112 Å². The Morgan fingerprint density at radius 2 is 1.85 bits per heavy atom. The molecule has 0 aliphatic rings. The van der Waals surface area contributed by atoms with Gasteiger partial charge in [0, 0.05) is 11.1 Å². The Labute approximate surface area is 238 Å². The lowest BCUT2D eigenvalue weighted by Crippen LogP contribution is -2.21. The predicted molar refractivity (Wildman–Crippen MR) is 160 cm³/mol. The molecule has 0 aliphatic heterocycles. The van der Waals surface area contributed by atoms with Crippen molar-refractivity contribution in [3.63, 3.8) is 0 Å². The summed E-state index contributed by atoms with van der Waals surface area (Å²) in [4.78, 5) is 29.7. The fourth-order valence-corrected chi connectivity index (χ4v) is 4.61. The molecule has 0 aliphatic carbocycles. The van der Waals surface area contributed by atoms with E-state index in [1.165, 1.54) is 11.8 Å². The summed E-state index contributed by atoms with van der Waals surface area (Å²) in [6, 6.07) is 14.6. The minimum Gasteiger partial charge on any atom is -0.496 e. The van der Waals surface area contributed by atoms with Crippen LogP contribution in [0.4, 0.5) is 0 Å². The van der Waals surface area contributed by atoms with Gasteiger partial charge in [-0.1, -0.05) is 32.1 Å². The molecule has 41 heavy (non-hydrogen) atoms. The van der Waals surface area contributed by atoms with Crippen molar-refractivity contribution in [2.24, 2.45) is 5.10 Å². The molecule has 0 atom stereocenters. The summed E-state index contributed by atoms with van der Waals surface area (Å²) in [7, 11) is 3.11. The van der Waals surface area contributed by atoms with Gasteiger partial charge in [0.05, 0.1) is 31.3 Å². The molecule has 212 valence electrons. The molecule has 3 aromatic carbocycles. The number of ether oxygens (including phenoxy) is 3. The van der Waals surface area contributed by atoms with Gasteiger partial charge in [-0.05, 0) is 72.4 Å². The lowest BCUT2D eigenvalue weighted by Gasteiger charge is -2.17. The SMILES string of the molecule is C=CCc1cc(C=Nn2c(-c3cc(C(C)C)c(OC)cc3C)nc3ccccc3c2=O)cc(OC)c1OCC(=O)O. The van der Waals surface area contributed by atoms with Crippen LogP contribution in [-0.4, -0.2) is 47.8 Å². The summed E-state index contributed by atoms with van der Waals surface area (Å²) in [5, 5.41) is 14.1. The molecule has 0 fully saturated rings. The number of carboxylic acid groups (broad SMARTS) is 1. The second-order valence-corrected chi connectivity index (χ2v) is 9.76. The molecule has 0 amide bonds. The van der Waals surface area contributed by atoms with E-state index in [9.17, 15) is 9.59 Å². The van der Waals surface area contributed by atoms with Crippen molar-refractivity contribution >= 4 is 23.1 Å². The maximum atomic E-state index is 13.8. The van der Waals surface area contributed by atoms with Crippen LogP contribution in [0.1, 0.15) is 42.0 Å². The lowest BCUT2D eigenvalue weighted by atomic mass is 9.96. The third-order valence-electron chi connectivity index (χ3n) is 6.59. The van der Waals surface area contributed by atoms with Crippen LogP contribution in [0.25, 0.3) is 22.3 Å². The first-order valence-corrected chi connectivity index (χ1v) is 13.1. The smallest absolute Gasteiger partial charge is 0.341 e. The standard InChI is InChI=1S/C32H33N3O6/c1-7-10-22-14-21(15-28(40-6)30(22)41-18-29(36)37)17-33-35-31(34-26-12-9-8-11-23(26)32(35)38)25-16-24(19(2)3)27(39-5)13-20(25)4/h7-9,11-17,19H,1,10,18H2,2-6H3,(H,36,37). The summed E-state index contributed by atoms with van der Waals surface area (Å²) < 4.78 is 17.9. The molecule has 0 spiro atoms. The van der Waals surface area contributed by atoms with Gasteiger partial charge in [-0.2, -0.15) is 9.78 Å². The maximum absolute atomic E-state index is 13.8. The number of hydrogen-bond donors (Lipinski definition) is 1. The molecule has 1 N–H and O–H groups in total. The van der Waals surface area contributed by atoms with Crippen LogP contribution in [0.3, 0.4) is 0 Å². The van der Waals surface area contributed by atoms with E-state index in [1.807, 2.05) is 25.1 Å². The van der Waals surface area contributed by atoms with Gasteiger partial charge < -0.3 is 19.3 Å². The van der Waals surface area contributed by atoms with E-state index in [-0.39, 0.29) is 11.5 Å². The zero-order valence-electron chi connectivity index (χ0n) is 23.8. The Balaban J connectivity index is 1.93. The molecule has 0 bridgehead atoms. The molecular formula is C32H33N3O6. The summed E-state index contributed by atoms with van der Waals surface area (Å²) in [5.74, 6) is 0.882. The van der Waals surface area contributed by atoms with Crippen LogP contribution >= 0.6 is 0 Å². The minimum absolute atomic E-state index is 0.172. The van der Waals surface area contributed by atoms with Crippen LogP contribution in [0.2, 0.25) is 0 Å². The van der Waals surface area contributed by atoms with Crippen molar-refractivity contribution in [3.8, 4) is 28.6 Å². The van der Waals surface area contributed by atoms with Gasteiger partial charge >= 0.3 is 5.97 Å². The summed E-state index contributed by atoms with van der Waals surface area (Å²) in [6.07, 6.45) is 3.62. The van der Waals surface area contributed by atoms with Crippen LogP contribution in [0.5, 0.6) is 17.2 Å². The van der Waals surface area contributed by atoms with E-state index in [0.29, 0.717) is 45.8 Å². The number of rotatable bonds is 11. The van der Waals surface area contributed by atoms with Crippen LogP contribution < -0.4 is 19.8 Å². The largest absolute Gasteiger partial charge is 0.496 e. The predicted octanol–water partition coefficient (Wildman–Crippen LogP) is 5.59. The molecule has 9 heteroatoms. The fourth-order valence-electron chi connectivity index (χ4n) is 4.61. The molecule has 1 aromatic heterocycles.